The maximum Gasteiger partial charge on any atom is 0.241 e. The van der Waals surface area contributed by atoms with Crippen LogP contribution < -0.4 is 4.72 Å². The molecule has 0 heterocycles. The van der Waals surface area contributed by atoms with Crippen molar-refractivity contribution >= 4 is 10.0 Å². The van der Waals surface area contributed by atoms with Crippen LogP contribution in [0.15, 0.2) is 29.2 Å². The summed E-state index contributed by atoms with van der Waals surface area (Å²) >= 11 is 0. The summed E-state index contributed by atoms with van der Waals surface area (Å²) in [7, 11) is -3.51. The lowest BCUT2D eigenvalue weighted by atomic mass is 9.80. The quantitative estimate of drug-likeness (QED) is 0.883. The van der Waals surface area contributed by atoms with Gasteiger partial charge in [0.1, 0.15) is 5.82 Å². The van der Waals surface area contributed by atoms with Gasteiger partial charge in [-0.25, -0.2) is 17.5 Å². The molecule has 0 amide bonds. The van der Waals surface area contributed by atoms with Gasteiger partial charge in [-0.2, -0.15) is 0 Å². The molecule has 5 heteroatoms. The summed E-state index contributed by atoms with van der Waals surface area (Å²) in [6.45, 7) is 1.89. The van der Waals surface area contributed by atoms with Gasteiger partial charge in [0.25, 0.3) is 0 Å². The third-order valence-electron chi connectivity index (χ3n) is 2.96. The van der Waals surface area contributed by atoms with Gasteiger partial charge in [-0.1, -0.05) is 0 Å². The number of rotatable bonds is 3. The molecule has 2 rings (SSSR count). The molecular formula is C11H14FNO2S. The molecule has 1 saturated carbocycles. The van der Waals surface area contributed by atoms with Crippen LogP contribution in [-0.2, 0) is 10.0 Å². The molecule has 1 aromatic carbocycles. The van der Waals surface area contributed by atoms with Gasteiger partial charge in [0.15, 0.2) is 0 Å². The van der Waals surface area contributed by atoms with Crippen LogP contribution in [-0.4, -0.2) is 14.0 Å². The van der Waals surface area contributed by atoms with E-state index >= 15 is 0 Å². The summed E-state index contributed by atoms with van der Waals surface area (Å²) in [5.41, 5.74) is -0.326. The Morgan fingerprint density at radius 2 is 1.81 bits per heavy atom. The molecule has 1 aliphatic rings. The normalized spacial score (nSPS) is 19.1. The Hall–Kier alpha value is -0.940. The zero-order chi connectivity index (χ0) is 11.8. The molecule has 1 aliphatic carbocycles. The topological polar surface area (TPSA) is 46.2 Å². The van der Waals surface area contributed by atoms with Crippen LogP contribution in [0.1, 0.15) is 26.2 Å². The van der Waals surface area contributed by atoms with E-state index in [0.29, 0.717) is 0 Å². The van der Waals surface area contributed by atoms with E-state index in [2.05, 4.69) is 4.72 Å². The van der Waals surface area contributed by atoms with Gasteiger partial charge in [0, 0.05) is 5.54 Å². The Labute approximate surface area is 94.7 Å². The number of hydrogen-bond donors (Lipinski definition) is 1. The molecule has 0 radical (unpaired) electrons. The van der Waals surface area contributed by atoms with Gasteiger partial charge in [-0.15, -0.1) is 0 Å². The summed E-state index contributed by atoms with van der Waals surface area (Å²) in [6.07, 6.45) is 2.75. The number of halogens is 1. The van der Waals surface area contributed by atoms with E-state index in [1.165, 1.54) is 12.1 Å². The standard InChI is InChI=1S/C11H14FNO2S/c1-11(7-2-8-11)13-16(14,15)10-5-3-9(12)4-6-10/h3-6,13H,2,7-8H2,1H3. The van der Waals surface area contributed by atoms with Gasteiger partial charge in [0.05, 0.1) is 4.90 Å². The maximum atomic E-state index is 12.7. The molecule has 0 bridgehead atoms. The van der Waals surface area contributed by atoms with Crippen LogP contribution in [0.4, 0.5) is 4.39 Å². The van der Waals surface area contributed by atoms with Crippen molar-refractivity contribution in [3.05, 3.63) is 30.1 Å². The first kappa shape index (κ1) is 11.5. The van der Waals surface area contributed by atoms with E-state index in [0.717, 1.165) is 31.4 Å². The SMILES string of the molecule is CC1(NS(=O)(=O)c2ccc(F)cc2)CCC1. The Kier molecular flexibility index (Phi) is 2.75. The monoisotopic (exact) mass is 243 g/mol. The second-order valence-corrected chi connectivity index (χ2v) is 6.16. The highest BCUT2D eigenvalue weighted by Gasteiger charge is 2.36. The summed E-state index contributed by atoms with van der Waals surface area (Å²) in [5.74, 6) is -0.436. The molecule has 1 fully saturated rings. The van der Waals surface area contributed by atoms with Crippen molar-refractivity contribution in [3.8, 4) is 0 Å². The van der Waals surface area contributed by atoms with Crippen molar-refractivity contribution in [1.29, 1.82) is 0 Å². The lowest BCUT2D eigenvalue weighted by Gasteiger charge is -2.38. The van der Waals surface area contributed by atoms with Crippen LogP contribution in [0.3, 0.4) is 0 Å². The van der Waals surface area contributed by atoms with Crippen molar-refractivity contribution < 1.29 is 12.8 Å². The number of nitrogens with one attached hydrogen (secondary N) is 1. The minimum Gasteiger partial charge on any atom is -0.207 e. The van der Waals surface area contributed by atoms with Crippen molar-refractivity contribution in [3.63, 3.8) is 0 Å². The van der Waals surface area contributed by atoms with Crippen molar-refractivity contribution in [2.45, 2.75) is 36.6 Å². The molecule has 0 atom stereocenters. The fourth-order valence-electron chi connectivity index (χ4n) is 1.81. The molecule has 1 N–H and O–H groups in total. The van der Waals surface area contributed by atoms with Crippen LogP contribution >= 0.6 is 0 Å². The van der Waals surface area contributed by atoms with Crippen molar-refractivity contribution in [1.82, 2.24) is 4.72 Å². The zero-order valence-corrected chi connectivity index (χ0v) is 9.85. The van der Waals surface area contributed by atoms with Crippen LogP contribution in [0, 0.1) is 5.82 Å². The third kappa shape index (κ3) is 2.25. The van der Waals surface area contributed by atoms with Crippen LogP contribution in [0.2, 0.25) is 0 Å². The second-order valence-electron chi connectivity index (χ2n) is 4.47. The molecule has 0 aromatic heterocycles. The minimum atomic E-state index is -3.51. The number of benzene rings is 1. The second kappa shape index (κ2) is 3.82. The average molecular weight is 243 g/mol. The molecule has 16 heavy (non-hydrogen) atoms. The highest BCUT2D eigenvalue weighted by Crippen LogP contribution is 2.32. The van der Waals surface area contributed by atoms with Crippen molar-refractivity contribution in [2.24, 2.45) is 0 Å². The molecule has 0 aliphatic heterocycles. The Bertz CT molecular complexity index is 477. The lowest BCUT2D eigenvalue weighted by Crippen LogP contribution is -2.50. The molecule has 0 unspecified atom stereocenters. The zero-order valence-electron chi connectivity index (χ0n) is 9.03. The Morgan fingerprint density at radius 1 is 1.25 bits per heavy atom. The molecule has 0 spiro atoms. The first-order valence-corrected chi connectivity index (χ1v) is 6.69. The molecular weight excluding hydrogens is 229 g/mol. The average Bonchev–Trinajstić information content (AvgIpc) is 2.15. The van der Waals surface area contributed by atoms with Gasteiger partial charge in [-0.3, -0.25) is 0 Å². The number of sulfonamides is 1. The summed E-state index contributed by atoms with van der Waals surface area (Å²) in [6, 6.07) is 4.86. The van der Waals surface area contributed by atoms with E-state index < -0.39 is 15.8 Å². The smallest absolute Gasteiger partial charge is 0.207 e. The fourth-order valence-corrected chi connectivity index (χ4v) is 3.27. The van der Waals surface area contributed by atoms with E-state index in [1.54, 1.807) is 0 Å². The van der Waals surface area contributed by atoms with Gasteiger partial charge in [0.2, 0.25) is 10.0 Å². The van der Waals surface area contributed by atoms with E-state index in [4.69, 9.17) is 0 Å². The molecule has 0 saturated heterocycles. The minimum absolute atomic E-state index is 0.113. The molecule has 1 aromatic rings. The first-order chi connectivity index (χ1) is 7.41. The van der Waals surface area contributed by atoms with Crippen LogP contribution in [0.25, 0.3) is 0 Å². The van der Waals surface area contributed by atoms with E-state index in [9.17, 15) is 12.8 Å². The number of hydrogen-bond acceptors (Lipinski definition) is 2. The van der Waals surface area contributed by atoms with Gasteiger partial charge >= 0.3 is 0 Å². The van der Waals surface area contributed by atoms with Gasteiger partial charge in [-0.05, 0) is 50.5 Å². The highest BCUT2D eigenvalue weighted by atomic mass is 32.2. The molecule has 88 valence electrons. The van der Waals surface area contributed by atoms with E-state index in [-0.39, 0.29) is 10.4 Å². The first-order valence-electron chi connectivity index (χ1n) is 5.21. The van der Waals surface area contributed by atoms with Gasteiger partial charge < -0.3 is 0 Å². The lowest BCUT2D eigenvalue weighted by molar-refractivity contribution is 0.248. The maximum absolute atomic E-state index is 12.7. The fraction of sp³-hybridized carbons (Fsp3) is 0.455. The summed E-state index contributed by atoms with van der Waals surface area (Å²) in [4.78, 5) is 0.113. The summed E-state index contributed by atoms with van der Waals surface area (Å²) < 4.78 is 39.2. The largest absolute Gasteiger partial charge is 0.241 e. The predicted octanol–water partition coefficient (Wildman–Crippen LogP) is 2.05. The van der Waals surface area contributed by atoms with Crippen molar-refractivity contribution in [2.75, 3.05) is 0 Å². The molecule has 3 nitrogen and oxygen atoms in total. The Balaban J connectivity index is 2.22. The highest BCUT2D eigenvalue weighted by molar-refractivity contribution is 7.89. The predicted molar refractivity (Wildman–Crippen MR) is 59.0 cm³/mol. The van der Waals surface area contributed by atoms with Crippen LogP contribution in [0.5, 0.6) is 0 Å². The Morgan fingerprint density at radius 3 is 2.25 bits per heavy atom. The summed E-state index contributed by atoms with van der Waals surface area (Å²) in [5, 5.41) is 0. The third-order valence-corrected chi connectivity index (χ3v) is 4.62. The van der Waals surface area contributed by atoms with E-state index in [1.807, 2.05) is 6.92 Å².